The molecule has 0 bridgehead atoms. The van der Waals surface area contributed by atoms with E-state index < -0.39 is 10.0 Å². The summed E-state index contributed by atoms with van der Waals surface area (Å²) in [5, 5.41) is 6.15. The number of sulfonamides is 1. The maximum absolute atomic E-state index is 12.9. The minimum atomic E-state index is -3.45. The highest BCUT2D eigenvalue weighted by molar-refractivity contribution is 7.91. The van der Waals surface area contributed by atoms with Gasteiger partial charge in [-0.3, -0.25) is 9.48 Å². The van der Waals surface area contributed by atoms with E-state index in [9.17, 15) is 13.2 Å². The molecule has 7 nitrogen and oxygen atoms in total. The SMILES string of the molecule is CCn1nc(C)c(C(=O)N2CCN(S(=O)(=O)c3cccs3)CC2)c1C. The summed E-state index contributed by atoms with van der Waals surface area (Å²) in [4.78, 5) is 14.6. The third-order valence-corrected chi connectivity index (χ3v) is 7.78. The van der Waals surface area contributed by atoms with Crippen molar-refractivity contribution < 1.29 is 13.2 Å². The fraction of sp³-hybridized carbons (Fsp3) is 0.500. The van der Waals surface area contributed by atoms with E-state index in [1.54, 1.807) is 22.4 Å². The zero-order chi connectivity index (χ0) is 18.2. The van der Waals surface area contributed by atoms with E-state index in [1.165, 1.54) is 15.6 Å². The Morgan fingerprint density at radius 3 is 2.44 bits per heavy atom. The van der Waals surface area contributed by atoms with E-state index in [4.69, 9.17) is 0 Å². The molecule has 1 saturated heterocycles. The Balaban J connectivity index is 1.73. The summed E-state index contributed by atoms with van der Waals surface area (Å²) >= 11 is 1.22. The molecule has 9 heteroatoms. The van der Waals surface area contributed by atoms with E-state index in [0.29, 0.717) is 42.5 Å². The molecule has 0 saturated carbocycles. The molecule has 3 heterocycles. The van der Waals surface area contributed by atoms with Crippen molar-refractivity contribution >= 4 is 27.3 Å². The standard InChI is InChI=1S/C16H22N4O3S2/c1-4-20-13(3)15(12(2)17-20)16(21)18-7-9-19(10-8-18)25(22,23)14-6-5-11-24-14/h5-6,11H,4,7-10H2,1-3H3. The first kappa shape index (κ1) is 18.1. The van der Waals surface area contributed by atoms with Crippen LogP contribution in [0.4, 0.5) is 0 Å². The van der Waals surface area contributed by atoms with E-state index in [-0.39, 0.29) is 5.91 Å². The number of carbonyl (C=O) groups is 1. The number of aromatic nitrogens is 2. The van der Waals surface area contributed by atoms with Crippen molar-refractivity contribution in [2.24, 2.45) is 0 Å². The highest BCUT2D eigenvalue weighted by Crippen LogP contribution is 2.23. The summed E-state index contributed by atoms with van der Waals surface area (Å²) in [6, 6.07) is 3.34. The molecular weight excluding hydrogens is 360 g/mol. The van der Waals surface area contributed by atoms with Gasteiger partial charge >= 0.3 is 0 Å². The van der Waals surface area contributed by atoms with E-state index >= 15 is 0 Å². The summed E-state index contributed by atoms with van der Waals surface area (Å²) in [5.41, 5.74) is 2.22. The summed E-state index contributed by atoms with van der Waals surface area (Å²) in [6.07, 6.45) is 0. The summed E-state index contributed by atoms with van der Waals surface area (Å²) in [5.74, 6) is -0.0668. The Hall–Kier alpha value is -1.71. The van der Waals surface area contributed by atoms with Gasteiger partial charge in [0.25, 0.3) is 15.9 Å². The average Bonchev–Trinajstić information content (AvgIpc) is 3.23. The maximum atomic E-state index is 12.9. The molecule has 0 aliphatic carbocycles. The van der Waals surface area contributed by atoms with Crippen molar-refractivity contribution in [2.75, 3.05) is 26.2 Å². The van der Waals surface area contributed by atoms with Gasteiger partial charge in [0, 0.05) is 38.4 Å². The van der Waals surface area contributed by atoms with Crippen LogP contribution in [0.25, 0.3) is 0 Å². The molecule has 2 aromatic rings. The molecule has 25 heavy (non-hydrogen) atoms. The second-order valence-electron chi connectivity index (χ2n) is 5.99. The van der Waals surface area contributed by atoms with Crippen molar-refractivity contribution in [1.82, 2.24) is 19.0 Å². The van der Waals surface area contributed by atoms with E-state index in [1.807, 2.05) is 25.5 Å². The average molecular weight is 383 g/mol. The Morgan fingerprint density at radius 1 is 1.24 bits per heavy atom. The first-order valence-electron chi connectivity index (χ1n) is 8.23. The number of aryl methyl sites for hydroxylation is 2. The number of hydrogen-bond donors (Lipinski definition) is 0. The zero-order valence-electron chi connectivity index (χ0n) is 14.6. The van der Waals surface area contributed by atoms with Gasteiger partial charge in [-0.1, -0.05) is 6.07 Å². The topological polar surface area (TPSA) is 75.5 Å². The fourth-order valence-corrected chi connectivity index (χ4v) is 5.71. The highest BCUT2D eigenvalue weighted by atomic mass is 32.2. The van der Waals surface area contributed by atoms with Crippen LogP contribution in [-0.4, -0.2) is 59.5 Å². The van der Waals surface area contributed by atoms with Gasteiger partial charge in [-0.15, -0.1) is 11.3 Å². The lowest BCUT2D eigenvalue weighted by Crippen LogP contribution is -2.50. The Bertz CT molecular complexity index is 864. The van der Waals surface area contributed by atoms with Crippen LogP contribution >= 0.6 is 11.3 Å². The van der Waals surface area contributed by atoms with Crippen molar-refractivity contribution in [1.29, 1.82) is 0 Å². The van der Waals surface area contributed by atoms with Crippen molar-refractivity contribution in [3.05, 3.63) is 34.5 Å². The van der Waals surface area contributed by atoms with E-state index in [0.717, 1.165) is 11.4 Å². The van der Waals surface area contributed by atoms with Gasteiger partial charge in [0.05, 0.1) is 11.3 Å². The predicted molar refractivity (Wildman–Crippen MR) is 96.4 cm³/mol. The first-order chi connectivity index (χ1) is 11.9. The van der Waals surface area contributed by atoms with Gasteiger partial charge in [-0.25, -0.2) is 8.42 Å². The number of rotatable bonds is 4. The molecule has 1 amide bonds. The number of amides is 1. The number of nitrogens with zero attached hydrogens (tertiary/aromatic N) is 4. The molecule has 0 unspecified atom stereocenters. The number of carbonyl (C=O) groups excluding carboxylic acids is 1. The lowest BCUT2D eigenvalue weighted by Gasteiger charge is -2.33. The number of hydrogen-bond acceptors (Lipinski definition) is 5. The largest absolute Gasteiger partial charge is 0.336 e. The molecule has 1 fully saturated rings. The Kier molecular flexibility index (Phi) is 4.99. The highest BCUT2D eigenvalue weighted by Gasteiger charge is 2.32. The molecule has 2 aromatic heterocycles. The van der Waals surface area contributed by atoms with Gasteiger partial charge < -0.3 is 4.90 Å². The van der Waals surface area contributed by atoms with Crippen molar-refractivity contribution in [2.45, 2.75) is 31.5 Å². The molecule has 0 N–H and O–H groups in total. The monoisotopic (exact) mass is 382 g/mol. The lowest BCUT2D eigenvalue weighted by molar-refractivity contribution is 0.0696. The summed E-state index contributed by atoms with van der Waals surface area (Å²) in [7, 11) is -3.45. The molecule has 0 spiro atoms. The van der Waals surface area contributed by atoms with Crippen LogP contribution in [0, 0.1) is 13.8 Å². The molecule has 136 valence electrons. The Morgan fingerprint density at radius 2 is 1.92 bits per heavy atom. The van der Waals surface area contributed by atoms with Crippen LogP contribution in [0.2, 0.25) is 0 Å². The molecular formula is C16H22N4O3S2. The quantitative estimate of drug-likeness (QED) is 0.807. The van der Waals surface area contributed by atoms with Crippen LogP contribution in [-0.2, 0) is 16.6 Å². The molecule has 0 atom stereocenters. The van der Waals surface area contributed by atoms with Gasteiger partial charge in [0.2, 0.25) is 0 Å². The first-order valence-corrected chi connectivity index (χ1v) is 10.5. The van der Waals surface area contributed by atoms with Crippen LogP contribution in [0.3, 0.4) is 0 Å². The molecule has 3 rings (SSSR count). The lowest BCUT2D eigenvalue weighted by atomic mass is 10.1. The minimum Gasteiger partial charge on any atom is -0.336 e. The second-order valence-corrected chi connectivity index (χ2v) is 9.10. The summed E-state index contributed by atoms with van der Waals surface area (Å²) < 4.78 is 28.8. The second kappa shape index (κ2) is 6.89. The predicted octanol–water partition coefficient (Wildman–Crippen LogP) is 1.73. The fourth-order valence-electron chi connectivity index (χ4n) is 3.14. The molecule has 0 radical (unpaired) electrons. The van der Waals surface area contributed by atoms with Gasteiger partial charge in [-0.05, 0) is 32.2 Å². The number of piperazine rings is 1. The van der Waals surface area contributed by atoms with Crippen molar-refractivity contribution in [3.63, 3.8) is 0 Å². The van der Waals surface area contributed by atoms with Gasteiger partial charge in [-0.2, -0.15) is 9.40 Å². The Labute approximate surface area is 151 Å². The smallest absolute Gasteiger partial charge is 0.257 e. The van der Waals surface area contributed by atoms with E-state index in [2.05, 4.69) is 5.10 Å². The number of thiophene rings is 1. The molecule has 1 aliphatic rings. The molecule has 1 aliphatic heterocycles. The van der Waals surface area contributed by atoms with Crippen LogP contribution in [0.5, 0.6) is 0 Å². The van der Waals surface area contributed by atoms with Crippen LogP contribution < -0.4 is 0 Å². The van der Waals surface area contributed by atoms with Crippen LogP contribution in [0.15, 0.2) is 21.7 Å². The van der Waals surface area contributed by atoms with Gasteiger partial charge in [0.15, 0.2) is 0 Å². The zero-order valence-corrected chi connectivity index (χ0v) is 16.2. The van der Waals surface area contributed by atoms with Crippen LogP contribution in [0.1, 0.15) is 28.7 Å². The molecule has 0 aromatic carbocycles. The van der Waals surface area contributed by atoms with Gasteiger partial charge in [0.1, 0.15) is 4.21 Å². The maximum Gasteiger partial charge on any atom is 0.257 e. The van der Waals surface area contributed by atoms with Crippen molar-refractivity contribution in [3.8, 4) is 0 Å². The minimum absolute atomic E-state index is 0.0668. The summed E-state index contributed by atoms with van der Waals surface area (Å²) in [6.45, 7) is 7.84. The third-order valence-electron chi connectivity index (χ3n) is 4.51. The normalized spacial score (nSPS) is 16.4. The third kappa shape index (κ3) is 3.23.